The maximum absolute atomic E-state index is 13.7. The molecule has 2 N–H and O–H groups in total. The van der Waals surface area contributed by atoms with E-state index in [0.29, 0.717) is 70.1 Å². The molecule has 0 radical (unpaired) electrons. The fourth-order valence-electron chi connectivity index (χ4n) is 6.04. The van der Waals surface area contributed by atoms with Gasteiger partial charge in [-0.25, -0.2) is 9.78 Å². The fraction of sp³-hybridized carbons (Fsp3) is 0.394. The van der Waals surface area contributed by atoms with Crippen molar-refractivity contribution in [2.24, 2.45) is 0 Å². The summed E-state index contributed by atoms with van der Waals surface area (Å²) in [6.45, 7) is 12.6. The number of amides is 5. The lowest BCUT2D eigenvalue weighted by atomic mass is 10.0. The van der Waals surface area contributed by atoms with Gasteiger partial charge in [-0.15, -0.1) is 11.3 Å². The molecule has 11 nitrogen and oxygen atoms in total. The molecule has 5 rings (SSSR count). The van der Waals surface area contributed by atoms with Crippen LogP contribution in [0.3, 0.4) is 0 Å². The van der Waals surface area contributed by atoms with E-state index in [2.05, 4.69) is 22.2 Å². The maximum Gasteiger partial charge on any atom is 0.331 e. The van der Waals surface area contributed by atoms with Crippen molar-refractivity contribution in [3.05, 3.63) is 64.4 Å². The molecule has 5 heterocycles. The minimum absolute atomic E-state index is 0.00713. The standard InChI is InChI=1S/C33H37N7O4S/c1-19(2)10-11-25(20(3)4)40-26-12-13-35-31-27(26)28(37-33(40)44)29(45-31)30(42)36-23-8-6-14-38(18-23)32(43)22(17-34)16-24-9-7-15-39(24)21(5)41/h10-13,16,23-24H,3,6-9,14-15,18H2,1-2,4-5H3,(H,36,42)(H,37,44)/b22-16+,25-11+/t23-,24-/m1/s1. The van der Waals surface area contributed by atoms with Gasteiger partial charge in [0.15, 0.2) is 0 Å². The zero-order valence-corrected chi connectivity index (χ0v) is 26.8. The highest BCUT2D eigenvalue weighted by Crippen LogP contribution is 2.45. The van der Waals surface area contributed by atoms with Gasteiger partial charge in [-0.1, -0.05) is 18.2 Å². The molecule has 2 atom stereocenters. The van der Waals surface area contributed by atoms with Gasteiger partial charge in [-0.2, -0.15) is 5.26 Å². The molecule has 3 aliphatic heterocycles. The number of allylic oxidation sites excluding steroid dienone is 4. The molecule has 2 aromatic heterocycles. The summed E-state index contributed by atoms with van der Waals surface area (Å²) in [4.78, 5) is 62.7. The van der Waals surface area contributed by atoms with Crippen molar-refractivity contribution >= 4 is 56.7 Å². The van der Waals surface area contributed by atoms with Crippen molar-refractivity contribution in [2.45, 2.75) is 65.5 Å². The van der Waals surface area contributed by atoms with Crippen molar-refractivity contribution in [3.63, 3.8) is 0 Å². The van der Waals surface area contributed by atoms with Crippen LogP contribution >= 0.6 is 11.3 Å². The molecular formula is C33H37N7O4S. The van der Waals surface area contributed by atoms with E-state index in [4.69, 9.17) is 0 Å². The first kappa shape index (κ1) is 31.7. The first-order valence-electron chi connectivity index (χ1n) is 15.0. The van der Waals surface area contributed by atoms with E-state index in [1.807, 2.05) is 39.0 Å². The summed E-state index contributed by atoms with van der Waals surface area (Å²) in [5, 5.41) is 16.4. The van der Waals surface area contributed by atoms with Crippen molar-refractivity contribution < 1.29 is 19.2 Å². The minimum atomic E-state index is -0.408. The topological polar surface area (TPSA) is 139 Å². The molecule has 2 saturated heterocycles. The Morgan fingerprint density at radius 3 is 2.60 bits per heavy atom. The van der Waals surface area contributed by atoms with Gasteiger partial charge < -0.3 is 20.4 Å². The van der Waals surface area contributed by atoms with Crippen LogP contribution in [-0.4, -0.2) is 70.3 Å². The van der Waals surface area contributed by atoms with Crippen LogP contribution in [0, 0.1) is 11.3 Å². The van der Waals surface area contributed by atoms with Crippen LogP contribution in [0.5, 0.6) is 0 Å². The minimum Gasteiger partial charge on any atom is -0.347 e. The van der Waals surface area contributed by atoms with Gasteiger partial charge in [0, 0.05) is 38.8 Å². The quantitative estimate of drug-likeness (QED) is 0.244. The molecule has 0 unspecified atom stereocenters. The number of nitrogens with one attached hydrogen (secondary N) is 2. The number of thiophene rings is 1. The number of aromatic nitrogens is 1. The van der Waals surface area contributed by atoms with Crippen molar-refractivity contribution in [3.8, 4) is 6.07 Å². The van der Waals surface area contributed by atoms with Gasteiger partial charge in [-0.3, -0.25) is 19.3 Å². The van der Waals surface area contributed by atoms with Gasteiger partial charge >= 0.3 is 6.03 Å². The Bertz CT molecular complexity index is 1730. The summed E-state index contributed by atoms with van der Waals surface area (Å²) in [6, 6.07) is 2.75. The van der Waals surface area contributed by atoms with E-state index in [1.165, 1.54) is 18.3 Å². The average molecular weight is 628 g/mol. The molecule has 0 aliphatic carbocycles. The molecule has 2 aromatic rings. The third-order valence-corrected chi connectivity index (χ3v) is 9.26. The Morgan fingerprint density at radius 2 is 1.91 bits per heavy atom. The summed E-state index contributed by atoms with van der Waals surface area (Å²) in [6.07, 6.45) is 9.83. The van der Waals surface area contributed by atoms with Crippen molar-refractivity contribution in [1.29, 1.82) is 5.26 Å². The smallest absolute Gasteiger partial charge is 0.331 e. The third-order valence-electron chi connectivity index (χ3n) is 8.16. The van der Waals surface area contributed by atoms with Crippen LogP contribution in [0.4, 0.5) is 16.2 Å². The lowest BCUT2D eigenvalue weighted by Gasteiger charge is -2.33. The van der Waals surface area contributed by atoms with E-state index in [1.54, 1.807) is 33.0 Å². The third kappa shape index (κ3) is 6.40. The summed E-state index contributed by atoms with van der Waals surface area (Å²) in [7, 11) is 0. The fourth-order valence-corrected chi connectivity index (χ4v) is 7.07. The Morgan fingerprint density at radius 1 is 1.16 bits per heavy atom. The molecule has 5 amide bonds. The number of hydrogen-bond acceptors (Lipinski definition) is 7. The lowest BCUT2D eigenvalue weighted by molar-refractivity contribution is -0.130. The molecule has 45 heavy (non-hydrogen) atoms. The van der Waals surface area contributed by atoms with E-state index in [-0.39, 0.29) is 36.0 Å². The Labute approximate surface area is 266 Å². The Balaban J connectivity index is 1.36. The highest BCUT2D eigenvalue weighted by molar-refractivity contribution is 7.21. The van der Waals surface area contributed by atoms with Gasteiger partial charge in [-0.05, 0) is 70.2 Å². The normalized spacial score (nSPS) is 20.1. The van der Waals surface area contributed by atoms with Gasteiger partial charge in [0.2, 0.25) is 5.91 Å². The summed E-state index contributed by atoms with van der Waals surface area (Å²) < 4.78 is 0. The van der Waals surface area contributed by atoms with Crippen LogP contribution in [-0.2, 0) is 9.59 Å². The molecule has 0 spiro atoms. The monoisotopic (exact) mass is 627 g/mol. The number of piperidine rings is 1. The number of nitrogens with zero attached hydrogens (tertiary/aromatic N) is 5. The SMILES string of the molecule is C=C(C)/C(=C\C=C(C)C)N1C(=O)Nc2c(C(=O)N[C@@H]3CCCN(C(=O)/C(C#N)=C/[C@H]4CCCN4C(C)=O)C3)sc3nccc1c23. The van der Waals surface area contributed by atoms with Crippen LogP contribution in [0.1, 0.15) is 63.0 Å². The van der Waals surface area contributed by atoms with E-state index >= 15 is 0 Å². The zero-order valence-electron chi connectivity index (χ0n) is 26.0. The number of pyridine rings is 1. The van der Waals surface area contributed by atoms with Gasteiger partial charge in [0.25, 0.3) is 11.8 Å². The predicted octanol–water partition coefficient (Wildman–Crippen LogP) is 5.26. The first-order chi connectivity index (χ1) is 21.5. The van der Waals surface area contributed by atoms with Crippen LogP contribution in [0.15, 0.2) is 59.5 Å². The molecule has 0 saturated carbocycles. The molecule has 2 fully saturated rings. The molecular weight excluding hydrogens is 590 g/mol. The van der Waals surface area contributed by atoms with Crippen LogP contribution in [0.2, 0.25) is 0 Å². The van der Waals surface area contributed by atoms with E-state index in [0.717, 1.165) is 12.0 Å². The van der Waals surface area contributed by atoms with E-state index < -0.39 is 11.9 Å². The number of likely N-dealkylation sites (tertiary alicyclic amines) is 2. The molecule has 0 bridgehead atoms. The highest BCUT2D eigenvalue weighted by atomic mass is 32.1. The number of urea groups is 1. The first-order valence-corrected chi connectivity index (χ1v) is 15.8. The predicted molar refractivity (Wildman–Crippen MR) is 175 cm³/mol. The zero-order chi connectivity index (χ0) is 32.4. The van der Waals surface area contributed by atoms with Crippen molar-refractivity contribution in [1.82, 2.24) is 20.1 Å². The van der Waals surface area contributed by atoms with Gasteiger partial charge in [0.05, 0.1) is 28.5 Å². The molecule has 3 aliphatic rings. The van der Waals surface area contributed by atoms with E-state index in [9.17, 15) is 24.4 Å². The summed E-state index contributed by atoms with van der Waals surface area (Å²) in [5.74, 6) is -0.854. The summed E-state index contributed by atoms with van der Waals surface area (Å²) in [5.41, 5.74) is 3.43. The second kappa shape index (κ2) is 13.1. The molecule has 12 heteroatoms. The second-order valence-electron chi connectivity index (χ2n) is 11.8. The number of hydrogen-bond donors (Lipinski definition) is 2. The molecule has 234 valence electrons. The van der Waals surface area contributed by atoms with Gasteiger partial charge in [0.1, 0.15) is 21.3 Å². The van der Waals surface area contributed by atoms with Crippen LogP contribution < -0.4 is 15.5 Å². The Hall–Kier alpha value is -4.76. The second-order valence-corrected chi connectivity index (χ2v) is 12.8. The number of carbonyl (C=O) groups is 4. The highest BCUT2D eigenvalue weighted by Gasteiger charge is 2.35. The van der Waals surface area contributed by atoms with Crippen molar-refractivity contribution in [2.75, 3.05) is 29.9 Å². The number of rotatable bonds is 7. The lowest BCUT2D eigenvalue weighted by Crippen LogP contribution is -2.50. The maximum atomic E-state index is 13.7. The molecule has 0 aromatic carbocycles. The number of nitriles is 1. The van der Waals surface area contributed by atoms with Crippen LogP contribution in [0.25, 0.3) is 10.2 Å². The number of anilines is 2. The largest absolute Gasteiger partial charge is 0.347 e. The summed E-state index contributed by atoms with van der Waals surface area (Å²) >= 11 is 1.19. The number of carbonyl (C=O) groups excluding carboxylic acids is 4. The average Bonchev–Trinajstić information content (AvgIpc) is 3.62. The Kier molecular flexibility index (Phi) is 9.20.